The van der Waals surface area contributed by atoms with Gasteiger partial charge in [-0.25, -0.2) is 9.97 Å². The van der Waals surface area contributed by atoms with Crippen LogP contribution in [0.1, 0.15) is 22.4 Å². The Kier molecular flexibility index (Phi) is 4.21. The van der Waals surface area contributed by atoms with Crippen molar-refractivity contribution in [2.75, 3.05) is 11.9 Å². The van der Waals surface area contributed by atoms with Crippen molar-refractivity contribution >= 4 is 39.7 Å². The second-order valence-corrected chi connectivity index (χ2v) is 6.69. The van der Waals surface area contributed by atoms with E-state index in [-0.39, 0.29) is 0 Å². The maximum absolute atomic E-state index is 4.64. The van der Waals surface area contributed by atoms with E-state index in [0.717, 1.165) is 33.0 Å². The summed E-state index contributed by atoms with van der Waals surface area (Å²) in [5, 5.41) is 3.30. The minimum Gasteiger partial charge on any atom is -0.369 e. The van der Waals surface area contributed by atoms with E-state index in [4.69, 9.17) is 0 Å². The summed E-state index contributed by atoms with van der Waals surface area (Å²) >= 11 is 4.08. The van der Waals surface area contributed by atoms with Crippen molar-refractivity contribution in [3.05, 3.63) is 25.1 Å². The fourth-order valence-corrected chi connectivity index (χ4v) is 3.17. The first kappa shape index (κ1) is 13.7. The number of anilines is 1. The van der Waals surface area contributed by atoms with Crippen LogP contribution in [0.5, 0.6) is 0 Å². The number of rotatable bonds is 3. The highest BCUT2D eigenvalue weighted by molar-refractivity contribution is 14.1. The lowest BCUT2D eigenvalue weighted by atomic mass is 10.2. The van der Waals surface area contributed by atoms with Crippen molar-refractivity contribution < 1.29 is 0 Å². The molecule has 0 aliphatic heterocycles. The summed E-state index contributed by atoms with van der Waals surface area (Å²) in [5.41, 5.74) is 2.18. The smallest absolute Gasteiger partial charge is 0.162 e. The lowest BCUT2D eigenvalue weighted by molar-refractivity contribution is 1.06. The number of nitrogens with one attached hydrogen (secondary N) is 1. The molecule has 0 bridgehead atoms. The number of aromatic nitrogens is 2. The third kappa shape index (κ3) is 2.66. The summed E-state index contributed by atoms with van der Waals surface area (Å²) in [5.74, 6) is 1.76. The van der Waals surface area contributed by atoms with Crippen LogP contribution in [0.15, 0.2) is 6.07 Å². The molecule has 0 aliphatic carbocycles. The SMILES string of the molecule is CCNc1nc(-c2cc(C)sc2C)nc(C)c1I. The van der Waals surface area contributed by atoms with Crippen molar-refractivity contribution in [1.29, 1.82) is 0 Å². The van der Waals surface area contributed by atoms with Gasteiger partial charge >= 0.3 is 0 Å². The molecule has 3 nitrogen and oxygen atoms in total. The number of halogens is 1. The van der Waals surface area contributed by atoms with Gasteiger partial charge in [-0.1, -0.05) is 0 Å². The van der Waals surface area contributed by atoms with Crippen LogP contribution in [0.25, 0.3) is 11.4 Å². The van der Waals surface area contributed by atoms with E-state index in [0.29, 0.717) is 0 Å². The molecule has 1 N–H and O–H groups in total. The molecule has 2 aromatic heterocycles. The van der Waals surface area contributed by atoms with E-state index < -0.39 is 0 Å². The molecule has 2 rings (SSSR count). The van der Waals surface area contributed by atoms with Crippen molar-refractivity contribution in [2.24, 2.45) is 0 Å². The topological polar surface area (TPSA) is 37.8 Å². The maximum atomic E-state index is 4.64. The van der Waals surface area contributed by atoms with Gasteiger partial charge in [0.2, 0.25) is 0 Å². The average Bonchev–Trinajstić information content (AvgIpc) is 2.64. The molecule has 2 aromatic rings. The Bertz CT molecular complexity index is 578. The number of aryl methyl sites for hydroxylation is 3. The molecule has 0 amide bonds. The molecule has 18 heavy (non-hydrogen) atoms. The summed E-state index contributed by atoms with van der Waals surface area (Å²) in [4.78, 5) is 11.8. The van der Waals surface area contributed by atoms with Gasteiger partial charge in [0.15, 0.2) is 5.82 Å². The highest BCUT2D eigenvalue weighted by atomic mass is 127. The summed E-state index contributed by atoms with van der Waals surface area (Å²) in [6.45, 7) is 9.21. The normalized spacial score (nSPS) is 10.7. The molecule has 0 spiro atoms. The fraction of sp³-hybridized carbons (Fsp3) is 0.385. The second-order valence-electron chi connectivity index (χ2n) is 4.15. The molecule has 2 heterocycles. The zero-order chi connectivity index (χ0) is 13.3. The predicted molar refractivity (Wildman–Crippen MR) is 86.4 cm³/mol. The van der Waals surface area contributed by atoms with Crippen molar-refractivity contribution in [2.45, 2.75) is 27.7 Å². The van der Waals surface area contributed by atoms with E-state index >= 15 is 0 Å². The second kappa shape index (κ2) is 5.52. The zero-order valence-corrected chi connectivity index (χ0v) is 13.9. The molecule has 5 heteroatoms. The third-order valence-corrected chi connectivity index (χ3v) is 4.90. The highest BCUT2D eigenvalue weighted by Gasteiger charge is 2.13. The van der Waals surface area contributed by atoms with Crippen LogP contribution in [0.2, 0.25) is 0 Å². The molecule has 0 unspecified atom stereocenters. The van der Waals surface area contributed by atoms with E-state index in [9.17, 15) is 0 Å². The monoisotopic (exact) mass is 373 g/mol. The van der Waals surface area contributed by atoms with Gasteiger partial charge in [-0.3, -0.25) is 0 Å². The van der Waals surface area contributed by atoms with E-state index in [2.05, 4.69) is 64.7 Å². The summed E-state index contributed by atoms with van der Waals surface area (Å²) in [6.07, 6.45) is 0. The van der Waals surface area contributed by atoms with E-state index in [1.807, 2.05) is 6.92 Å². The minimum absolute atomic E-state index is 0.825. The Hall–Kier alpha value is -0.690. The van der Waals surface area contributed by atoms with Gasteiger partial charge in [-0.15, -0.1) is 11.3 Å². The Morgan fingerprint density at radius 1 is 1.28 bits per heavy atom. The predicted octanol–water partition coefficient (Wildman–Crippen LogP) is 4.17. The molecule has 0 aliphatic rings. The average molecular weight is 373 g/mol. The summed E-state index contributed by atoms with van der Waals surface area (Å²) in [7, 11) is 0. The largest absolute Gasteiger partial charge is 0.369 e. The lowest BCUT2D eigenvalue weighted by Gasteiger charge is -2.09. The van der Waals surface area contributed by atoms with Crippen molar-refractivity contribution in [3.63, 3.8) is 0 Å². The highest BCUT2D eigenvalue weighted by Crippen LogP contribution is 2.30. The van der Waals surface area contributed by atoms with Gasteiger partial charge in [0.1, 0.15) is 5.82 Å². The van der Waals surface area contributed by atoms with E-state index in [1.54, 1.807) is 11.3 Å². The molecule has 96 valence electrons. The molecular formula is C13H16IN3S. The van der Waals surface area contributed by atoms with Crippen LogP contribution in [0.3, 0.4) is 0 Å². The Morgan fingerprint density at radius 2 is 2.00 bits per heavy atom. The van der Waals surface area contributed by atoms with Crippen LogP contribution in [-0.2, 0) is 0 Å². The summed E-state index contributed by atoms with van der Waals surface area (Å²) in [6, 6.07) is 2.16. The van der Waals surface area contributed by atoms with Gasteiger partial charge in [-0.05, 0) is 56.4 Å². The van der Waals surface area contributed by atoms with Crippen LogP contribution in [0, 0.1) is 24.3 Å². The summed E-state index contributed by atoms with van der Waals surface area (Å²) < 4.78 is 1.10. The first-order chi connectivity index (χ1) is 8.52. The fourth-order valence-electron chi connectivity index (χ4n) is 1.82. The third-order valence-electron chi connectivity index (χ3n) is 2.64. The van der Waals surface area contributed by atoms with Gasteiger partial charge in [0, 0.05) is 21.9 Å². The molecule has 0 saturated heterocycles. The number of nitrogens with zero attached hydrogens (tertiary/aromatic N) is 2. The first-order valence-corrected chi connectivity index (χ1v) is 7.77. The zero-order valence-electron chi connectivity index (χ0n) is 11.0. The molecular weight excluding hydrogens is 357 g/mol. The van der Waals surface area contributed by atoms with Gasteiger partial charge in [0.05, 0.1) is 9.26 Å². The Morgan fingerprint density at radius 3 is 2.56 bits per heavy atom. The van der Waals surface area contributed by atoms with E-state index in [1.165, 1.54) is 9.75 Å². The van der Waals surface area contributed by atoms with Gasteiger partial charge < -0.3 is 5.32 Å². The number of hydrogen-bond acceptors (Lipinski definition) is 4. The number of hydrogen-bond donors (Lipinski definition) is 1. The van der Waals surface area contributed by atoms with Crippen LogP contribution < -0.4 is 5.32 Å². The Labute approximate surface area is 125 Å². The molecule has 0 fully saturated rings. The lowest BCUT2D eigenvalue weighted by Crippen LogP contribution is -2.06. The molecule has 0 saturated carbocycles. The Balaban J connectivity index is 2.55. The molecule has 0 atom stereocenters. The first-order valence-electron chi connectivity index (χ1n) is 5.88. The van der Waals surface area contributed by atoms with Crippen molar-refractivity contribution in [1.82, 2.24) is 9.97 Å². The van der Waals surface area contributed by atoms with Crippen LogP contribution >= 0.6 is 33.9 Å². The van der Waals surface area contributed by atoms with Gasteiger partial charge in [0.25, 0.3) is 0 Å². The minimum atomic E-state index is 0.825. The molecule has 0 aromatic carbocycles. The van der Waals surface area contributed by atoms with Crippen LogP contribution in [-0.4, -0.2) is 16.5 Å². The maximum Gasteiger partial charge on any atom is 0.162 e. The quantitative estimate of drug-likeness (QED) is 0.821. The van der Waals surface area contributed by atoms with Gasteiger partial charge in [-0.2, -0.15) is 0 Å². The number of thiophene rings is 1. The van der Waals surface area contributed by atoms with Crippen LogP contribution in [0.4, 0.5) is 5.82 Å². The van der Waals surface area contributed by atoms with Crippen molar-refractivity contribution in [3.8, 4) is 11.4 Å². The molecule has 0 radical (unpaired) electrons. The standard InChI is InChI=1S/C13H16IN3S/c1-5-15-13-11(14)8(3)16-12(17-13)10-6-7(2)18-9(10)4/h6H,5H2,1-4H3,(H,15,16,17).